The Labute approximate surface area is 169 Å². The molecule has 7 heteroatoms. The molecule has 0 bridgehead atoms. The third kappa shape index (κ3) is 4.68. The van der Waals surface area contributed by atoms with Crippen molar-refractivity contribution in [3.05, 3.63) is 83.4 Å². The molecule has 3 heterocycles. The first kappa shape index (κ1) is 19.7. The van der Waals surface area contributed by atoms with Gasteiger partial charge in [-0.25, -0.2) is 8.78 Å². The summed E-state index contributed by atoms with van der Waals surface area (Å²) < 4.78 is 28.6. The first-order chi connectivity index (χ1) is 14.1. The minimum Gasteiger partial charge on any atom is -0.300 e. The van der Waals surface area contributed by atoms with E-state index in [1.165, 1.54) is 18.3 Å². The van der Waals surface area contributed by atoms with Gasteiger partial charge in [-0.05, 0) is 42.3 Å². The van der Waals surface area contributed by atoms with Crippen LogP contribution >= 0.6 is 0 Å². The lowest BCUT2D eigenvalue weighted by atomic mass is 10.1. The van der Waals surface area contributed by atoms with Gasteiger partial charge >= 0.3 is 0 Å². The number of piperazine rings is 1. The summed E-state index contributed by atoms with van der Waals surface area (Å²) in [7, 11) is 1.92. The Morgan fingerprint density at radius 1 is 1.00 bits per heavy atom. The lowest BCUT2D eigenvalue weighted by Gasteiger charge is -2.39. The van der Waals surface area contributed by atoms with Crippen LogP contribution in [0.15, 0.2) is 54.9 Å². The summed E-state index contributed by atoms with van der Waals surface area (Å²) in [5, 5.41) is 4.31. The van der Waals surface area contributed by atoms with Gasteiger partial charge in [-0.2, -0.15) is 5.10 Å². The molecule has 29 heavy (non-hydrogen) atoms. The number of rotatable bonds is 6. The predicted octanol–water partition coefficient (Wildman–Crippen LogP) is 3.04. The van der Waals surface area contributed by atoms with E-state index in [0.717, 1.165) is 56.1 Å². The number of hydrogen-bond acceptors (Lipinski definition) is 4. The van der Waals surface area contributed by atoms with E-state index in [2.05, 4.69) is 19.9 Å². The van der Waals surface area contributed by atoms with Gasteiger partial charge in [-0.3, -0.25) is 14.6 Å². The predicted molar refractivity (Wildman–Crippen MR) is 107 cm³/mol. The van der Waals surface area contributed by atoms with Crippen molar-refractivity contribution in [2.45, 2.75) is 12.5 Å². The zero-order chi connectivity index (χ0) is 20.2. The van der Waals surface area contributed by atoms with Gasteiger partial charge in [0.15, 0.2) is 0 Å². The molecule has 1 aliphatic heterocycles. The Hall–Kier alpha value is -2.64. The molecule has 1 saturated heterocycles. The maximum absolute atomic E-state index is 13.4. The van der Waals surface area contributed by atoms with Gasteiger partial charge < -0.3 is 4.90 Å². The van der Waals surface area contributed by atoms with Crippen molar-refractivity contribution in [3.8, 4) is 0 Å². The van der Waals surface area contributed by atoms with Crippen LogP contribution in [0.5, 0.6) is 0 Å². The van der Waals surface area contributed by atoms with Gasteiger partial charge in [-0.1, -0.05) is 12.1 Å². The Kier molecular flexibility index (Phi) is 5.97. The third-order valence-electron chi connectivity index (χ3n) is 5.55. The molecular formula is C22H25F2N5. The average Bonchev–Trinajstić information content (AvgIpc) is 3.15. The summed E-state index contributed by atoms with van der Waals surface area (Å²) in [6, 6.07) is 12.0. The fourth-order valence-electron chi connectivity index (χ4n) is 3.95. The largest absolute Gasteiger partial charge is 0.300 e. The molecule has 1 aromatic carbocycles. The van der Waals surface area contributed by atoms with Gasteiger partial charge in [0, 0.05) is 46.0 Å². The summed E-state index contributed by atoms with van der Waals surface area (Å²) in [6.45, 7) is 4.49. The van der Waals surface area contributed by atoms with Crippen LogP contribution in [0, 0.1) is 11.6 Å². The van der Waals surface area contributed by atoms with E-state index in [1.54, 1.807) is 24.4 Å². The zero-order valence-electron chi connectivity index (χ0n) is 16.5. The lowest BCUT2D eigenvalue weighted by molar-refractivity contribution is 0.106. The van der Waals surface area contributed by atoms with Crippen molar-refractivity contribution >= 4 is 0 Å². The molecule has 1 unspecified atom stereocenters. The first-order valence-corrected chi connectivity index (χ1v) is 9.90. The second kappa shape index (κ2) is 8.80. The number of halogens is 2. The molecule has 0 amide bonds. The van der Waals surface area contributed by atoms with Gasteiger partial charge in [0.25, 0.3) is 0 Å². The molecule has 1 aliphatic rings. The summed E-state index contributed by atoms with van der Waals surface area (Å²) in [4.78, 5) is 9.12. The number of benzene rings is 1. The average molecular weight is 397 g/mol. The summed E-state index contributed by atoms with van der Waals surface area (Å²) in [5.41, 5.74) is 2.89. The second-order valence-corrected chi connectivity index (χ2v) is 7.44. The summed E-state index contributed by atoms with van der Waals surface area (Å²) in [5.74, 6) is -0.516. The van der Waals surface area contributed by atoms with Crippen molar-refractivity contribution in [2.75, 3.05) is 32.7 Å². The van der Waals surface area contributed by atoms with E-state index in [4.69, 9.17) is 0 Å². The van der Waals surface area contributed by atoms with Crippen LogP contribution in [0.1, 0.15) is 23.0 Å². The molecule has 152 valence electrons. The van der Waals surface area contributed by atoms with E-state index in [1.807, 2.05) is 23.9 Å². The van der Waals surface area contributed by atoms with E-state index >= 15 is 0 Å². The highest BCUT2D eigenvalue weighted by atomic mass is 19.1. The molecular weight excluding hydrogens is 372 g/mol. The number of hydrogen-bond donors (Lipinski definition) is 0. The molecule has 0 aliphatic carbocycles. The Morgan fingerprint density at radius 2 is 1.83 bits per heavy atom. The highest BCUT2D eigenvalue weighted by Crippen LogP contribution is 2.28. The second-order valence-electron chi connectivity index (χ2n) is 7.44. The van der Waals surface area contributed by atoms with Crippen molar-refractivity contribution in [2.24, 2.45) is 7.05 Å². The quantitative estimate of drug-likeness (QED) is 0.641. The SMILES string of the molecule is Cn1nccc1C(c1ccc(F)cn1)N1CCN(CCc2cccc(F)c2)CC1. The molecule has 2 aromatic heterocycles. The van der Waals surface area contributed by atoms with Crippen LogP contribution in [0.3, 0.4) is 0 Å². The van der Waals surface area contributed by atoms with Crippen molar-refractivity contribution in [1.29, 1.82) is 0 Å². The van der Waals surface area contributed by atoms with Crippen molar-refractivity contribution in [3.63, 3.8) is 0 Å². The minimum absolute atomic E-state index is 0.0616. The van der Waals surface area contributed by atoms with Gasteiger partial charge in [0.1, 0.15) is 11.6 Å². The van der Waals surface area contributed by atoms with E-state index in [9.17, 15) is 8.78 Å². The van der Waals surface area contributed by atoms with Crippen molar-refractivity contribution in [1.82, 2.24) is 24.6 Å². The molecule has 5 nitrogen and oxygen atoms in total. The highest BCUT2D eigenvalue weighted by Gasteiger charge is 2.29. The lowest BCUT2D eigenvalue weighted by Crippen LogP contribution is -2.48. The van der Waals surface area contributed by atoms with E-state index in [0.29, 0.717) is 0 Å². The zero-order valence-corrected chi connectivity index (χ0v) is 16.5. The minimum atomic E-state index is -0.334. The van der Waals surface area contributed by atoms with E-state index in [-0.39, 0.29) is 17.7 Å². The highest BCUT2D eigenvalue weighted by molar-refractivity contribution is 5.22. The van der Waals surface area contributed by atoms with Crippen LogP contribution in [-0.2, 0) is 13.5 Å². The fraction of sp³-hybridized carbons (Fsp3) is 0.364. The Balaban J connectivity index is 1.43. The Morgan fingerprint density at radius 3 is 2.48 bits per heavy atom. The molecule has 0 saturated carbocycles. The standard InChI is InChI=1S/C22H25F2N5/c1-27-21(7-9-26-27)22(20-6-5-19(24)16-25-20)29-13-11-28(12-14-29)10-8-17-3-2-4-18(23)15-17/h2-7,9,15-16,22H,8,10-14H2,1H3. The molecule has 0 spiro atoms. The van der Waals surface area contributed by atoms with Crippen LogP contribution in [0.4, 0.5) is 8.78 Å². The summed E-state index contributed by atoms with van der Waals surface area (Å²) >= 11 is 0. The number of aryl methyl sites for hydroxylation is 1. The van der Waals surface area contributed by atoms with Crippen LogP contribution in [0.25, 0.3) is 0 Å². The fourth-order valence-corrected chi connectivity index (χ4v) is 3.95. The van der Waals surface area contributed by atoms with E-state index < -0.39 is 0 Å². The van der Waals surface area contributed by atoms with Crippen LogP contribution in [-0.4, -0.2) is 57.3 Å². The molecule has 1 fully saturated rings. The maximum atomic E-state index is 13.4. The van der Waals surface area contributed by atoms with Crippen LogP contribution < -0.4 is 0 Å². The van der Waals surface area contributed by atoms with Gasteiger partial charge in [0.2, 0.25) is 0 Å². The van der Waals surface area contributed by atoms with Gasteiger partial charge in [0.05, 0.1) is 23.6 Å². The first-order valence-electron chi connectivity index (χ1n) is 9.90. The molecule has 0 radical (unpaired) electrons. The topological polar surface area (TPSA) is 37.2 Å². The van der Waals surface area contributed by atoms with Crippen molar-refractivity contribution < 1.29 is 8.78 Å². The normalized spacial score (nSPS) is 16.8. The number of aromatic nitrogens is 3. The third-order valence-corrected chi connectivity index (χ3v) is 5.55. The monoisotopic (exact) mass is 397 g/mol. The number of nitrogens with zero attached hydrogens (tertiary/aromatic N) is 5. The molecule has 4 rings (SSSR count). The van der Waals surface area contributed by atoms with Gasteiger partial charge in [-0.15, -0.1) is 0 Å². The Bertz CT molecular complexity index is 932. The van der Waals surface area contributed by atoms with Crippen LogP contribution in [0.2, 0.25) is 0 Å². The molecule has 0 N–H and O–H groups in total. The number of pyridine rings is 1. The maximum Gasteiger partial charge on any atom is 0.141 e. The molecule has 3 aromatic rings. The molecule has 1 atom stereocenters. The summed E-state index contributed by atoms with van der Waals surface area (Å²) in [6.07, 6.45) is 3.89. The smallest absolute Gasteiger partial charge is 0.141 e.